The Morgan fingerprint density at radius 3 is 2.81 bits per heavy atom. The summed E-state index contributed by atoms with van der Waals surface area (Å²) in [5.74, 6) is 0.758. The molecule has 16 heavy (non-hydrogen) atoms. The predicted octanol–water partition coefficient (Wildman–Crippen LogP) is -0.373. The minimum absolute atomic E-state index is 0.346. The Hall–Kier alpha value is -2.11. The van der Waals surface area contributed by atoms with Crippen molar-refractivity contribution in [3.63, 3.8) is 0 Å². The monoisotopic (exact) mass is 220 g/mol. The molecule has 0 aliphatic heterocycles. The molecule has 0 saturated heterocycles. The fourth-order valence-electron chi connectivity index (χ4n) is 1.44. The third-order valence-corrected chi connectivity index (χ3v) is 2.42. The molecular weight excluding hydrogens is 208 g/mol. The van der Waals surface area contributed by atoms with E-state index in [2.05, 4.69) is 9.97 Å². The number of aromatic amines is 1. The number of aryl methyl sites for hydroxylation is 2. The van der Waals surface area contributed by atoms with Crippen LogP contribution in [0.4, 0.5) is 0 Å². The molecule has 84 valence electrons. The number of nitrogens with zero attached hydrogens (tertiary/aromatic N) is 3. The summed E-state index contributed by atoms with van der Waals surface area (Å²) >= 11 is 0. The molecule has 2 heterocycles. The van der Waals surface area contributed by atoms with Gasteiger partial charge in [-0.3, -0.25) is 14.3 Å². The molecule has 2 aromatic rings. The van der Waals surface area contributed by atoms with Crippen molar-refractivity contribution in [1.82, 2.24) is 19.1 Å². The maximum absolute atomic E-state index is 11.5. The maximum Gasteiger partial charge on any atom is 0.328 e. The molecule has 0 radical (unpaired) electrons. The number of hydrogen-bond donors (Lipinski definition) is 1. The van der Waals surface area contributed by atoms with E-state index in [0.717, 1.165) is 5.82 Å². The molecule has 1 N–H and O–H groups in total. The van der Waals surface area contributed by atoms with Crippen LogP contribution in [0.5, 0.6) is 0 Å². The second-order valence-electron chi connectivity index (χ2n) is 3.65. The quantitative estimate of drug-likeness (QED) is 0.750. The lowest BCUT2D eigenvalue weighted by atomic mass is 10.4. The minimum Gasteiger partial charge on any atom is -0.337 e. The first-order valence-corrected chi connectivity index (χ1v) is 4.84. The van der Waals surface area contributed by atoms with Gasteiger partial charge in [-0.15, -0.1) is 0 Å². The van der Waals surface area contributed by atoms with Crippen molar-refractivity contribution < 1.29 is 0 Å². The Morgan fingerprint density at radius 2 is 2.19 bits per heavy atom. The van der Waals surface area contributed by atoms with Crippen molar-refractivity contribution in [3.8, 4) is 0 Å². The third kappa shape index (κ3) is 1.81. The highest BCUT2D eigenvalue weighted by Crippen LogP contribution is 1.96. The first-order valence-electron chi connectivity index (χ1n) is 4.84. The first-order chi connectivity index (χ1) is 7.58. The summed E-state index contributed by atoms with van der Waals surface area (Å²) in [4.78, 5) is 29.0. The molecule has 0 spiro atoms. The summed E-state index contributed by atoms with van der Waals surface area (Å²) in [5.41, 5.74) is -0.256. The largest absolute Gasteiger partial charge is 0.337 e. The molecule has 0 saturated carbocycles. The SMILES string of the molecule is Cc1cn(Cc2nccn2C)c(=O)[nH]c1=O. The standard InChI is InChI=1S/C10H12N4O2/c1-7-5-14(10(16)12-9(7)15)6-8-11-3-4-13(8)2/h3-5H,6H2,1-2H3,(H,12,15,16). The van der Waals surface area contributed by atoms with Crippen LogP contribution in [-0.2, 0) is 13.6 Å². The number of H-pyrrole nitrogens is 1. The Kier molecular flexibility index (Phi) is 2.47. The Bertz CT molecular complexity index is 620. The van der Waals surface area contributed by atoms with Gasteiger partial charge in [-0.2, -0.15) is 0 Å². The summed E-state index contributed by atoms with van der Waals surface area (Å²) in [5, 5.41) is 0. The number of hydrogen-bond acceptors (Lipinski definition) is 3. The van der Waals surface area contributed by atoms with Gasteiger partial charge in [0.2, 0.25) is 0 Å². The van der Waals surface area contributed by atoms with E-state index in [1.54, 1.807) is 19.3 Å². The van der Waals surface area contributed by atoms with Crippen molar-refractivity contribution in [2.75, 3.05) is 0 Å². The van der Waals surface area contributed by atoms with Crippen LogP contribution >= 0.6 is 0 Å². The van der Waals surface area contributed by atoms with Gasteiger partial charge < -0.3 is 4.57 Å². The number of nitrogens with one attached hydrogen (secondary N) is 1. The van der Waals surface area contributed by atoms with Gasteiger partial charge in [-0.1, -0.05) is 0 Å². The second kappa shape index (κ2) is 3.80. The van der Waals surface area contributed by atoms with E-state index in [0.29, 0.717) is 12.1 Å². The van der Waals surface area contributed by atoms with E-state index in [1.807, 2.05) is 11.6 Å². The van der Waals surface area contributed by atoms with Gasteiger partial charge in [-0.25, -0.2) is 9.78 Å². The van der Waals surface area contributed by atoms with Gasteiger partial charge in [-0.05, 0) is 6.92 Å². The van der Waals surface area contributed by atoms with Crippen molar-refractivity contribution in [2.24, 2.45) is 7.05 Å². The van der Waals surface area contributed by atoms with Gasteiger partial charge in [0.05, 0.1) is 6.54 Å². The molecule has 0 aromatic carbocycles. The molecule has 2 aromatic heterocycles. The minimum atomic E-state index is -0.418. The van der Waals surface area contributed by atoms with Crippen molar-refractivity contribution in [1.29, 1.82) is 0 Å². The summed E-state index contributed by atoms with van der Waals surface area (Å²) < 4.78 is 3.26. The first kappa shape index (κ1) is 10.4. The highest BCUT2D eigenvalue weighted by Gasteiger charge is 2.04. The molecule has 0 amide bonds. The molecule has 2 rings (SSSR count). The topological polar surface area (TPSA) is 72.7 Å². The Morgan fingerprint density at radius 1 is 1.44 bits per heavy atom. The van der Waals surface area contributed by atoms with Crippen LogP contribution in [0.1, 0.15) is 11.4 Å². The third-order valence-electron chi connectivity index (χ3n) is 2.42. The van der Waals surface area contributed by atoms with Crippen molar-refractivity contribution in [2.45, 2.75) is 13.5 Å². The molecule has 6 heteroatoms. The van der Waals surface area contributed by atoms with Gasteiger partial charge in [0.25, 0.3) is 5.56 Å². The fourth-order valence-corrected chi connectivity index (χ4v) is 1.44. The zero-order valence-corrected chi connectivity index (χ0v) is 9.10. The van der Waals surface area contributed by atoms with Gasteiger partial charge in [0.1, 0.15) is 5.82 Å². The Labute approximate surface area is 91.2 Å². The lowest BCUT2D eigenvalue weighted by Crippen LogP contribution is -2.31. The van der Waals surface area contributed by atoms with Gasteiger partial charge in [0.15, 0.2) is 0 Å². The van der Waals surface area contributed by atoms with Crippen molar-refractivity contribution >= 4 is 0 Å². The molecule has 0 unspecified atom stereocenters. The average Bonchev–Trinajstić information content (AvgIpc) is 2.61. The van der Waals surface area contributed by atoms with Gasteiger partial charge in [0, 0.05) is 31.2 Å². The Balaban J connectivity index is 2.43. The van der Waals surface area contributed by atoms with Crippen LogP contribution in [0.25, 0.3) is 0 Å². The van der Waals surface area contributed by atoms with Gasteiger partial charge >= 0.3 is 5.69 Å². The summed E-state index contributed by atoms with van der Waals surface area (Å²) in [6, 6.07) is 0. The molecule has 0 aliphatic rings. The highest BCUT2D eigenvalue weighted by atomic mass is 16.2. The van der Waals surface area contributed by atoms with Crippen LogP contribution in [0.3, 0.4) is 0 Å². The van der Waals surface area contributed by atoms with E-state index in [9.17, 15) is 9.59 Å². The summed E-state index contributed by atoms with van der Waals surface area (Å²) in [7, 11) is 1.85. The fraction of sp³-hybridized carbons (Fsp3) is 0.300. The van der Waals surface area contributed by atoms with Crippen LogP contribution in [0.15, 0.2) is 28.2 Å². The normalized spacial score (nSPS) is 10.6. The van der Waals surface area contributed by atoms with Crippen molar-refractivity contribution in [3.05, 3.63) is 50.8 Å². The van der Waals surface area contributed by atoms with E-state index in [4.69, 9.17) is 0 Å². The van der Waals surface area contributed by atoms with Crippen LogP contribution < -0.4 is 11.2 Å². The second-order valence-corrected chi connectivity index (χ2v) is 3.65. The zero-order valence-electron chi connectivity index (χ0n) is 9.10. The molecule has 0 atom stereocenters. The molecule has 0 fully saturated rings. The highest BCUT2D eigenvalue weighted by molar-refractivity contribution is 5.02. The lowest BCUT2D eigenvalue weighted by molar-refractivity contribution is 0.654. The number of aromatic nitrogens is 4. The lowest BCUT2D eigenvalue weighted by Gasteiger charge is -2.05. The summed E-state index contributed by atoms with van der Waals surface area (Å²) in [6.07, 6.45) is 5.01. The molecular formula is C10H12N4O2. The maximum atomic E-state index is 11.5. The van der Waals surface area contributed by atoms with Crippen LogP contribution in [0.2, 0.25) is 0 Å². The molecule has 0 bridgehead atoms. The van der Waals surface area contributed by atoms with E-state index >= 15 is 0 Å². The predicted molar refractivity (Wildman–Crippen MR) is 58.4 cm³/mol. The molecule has 0 aliphatic carbocycles. The average molecular weight is 220 g/mol. The zero-order chi connectivity index (χ0) is 11.7. The van der Waals surface area contributed by atoms with E-state index < -0.39 is 5.69 Å². The van der Waals surface area contributed by atoms with E-state index in [1.165, 1.54) is 10.8 Å². The smallest absolute Gasteiger partial charge is 0.328 e. The van der Waals surface area contributed by atoms with Crippen LogP contribution in [0, 0.1) is 6.92 Å². The number of imidazole rings is 1. The molecule has 6 nitrogen and oxygen atoms in total. The summed E-state index contributed by atoms with van der Waals surface area (Å²) in [6.45, 7) is 2.01. The van der Waals surface area contributed by atoms with Crippen LogP contribution in [-0.4, -0.2) is 19.1 Å². The van der Waals surface area contributed by atoms with E-state index in [-0.39, 0.29) is 5.56 Å². The number of rotatable bonds is 2.